The molecular weight excluding hydrogens is 290 g/mol. The van der Waals surface area contributed by atoms with Gasteiger partial charge in [0.1, 0.15) is 0 Å². The Labute approximate surface area is 127 Å². The van der Waals surface area contributed by atoms with Crippen LogP contribution >= 0.6 is 11.6 Å². The van der Waals surface area contributed by atoms with Crippen LogP contribution in [-0.4, -0.2) is 17.0 Å². The molecule has 0 fully saturated rings. The van der Waals surface area contributed by atoms with Gasteiger partial charge in [0.05, 0.1) is 12.0 Å². The number of carboxylic acids is 1. The van der Waals surface area contributed by atoms with E-state index in [1.54, 1.807) is 30.3 Å². The van der Waals surface area contributed by atoms with Crippen molar-refractivity contribution in [3.8, 4) is 0 Å². The molecule has 0 aliphatic heterocycles. The maximum atomic E-state index is 12.1. The van der Waals surface area contributed by atoms with E-state index in [2.05, 4.69) is 5.32 Å². The minimum atomic E-state index is -1.04. The van der Waals surface area contributed by atoms with Crippen molar-refractivity contribution in [3.63, 3.8) is 0 Å². The Morgan fingerprint density at radius 1 is 1.19 bits per heavy atom. The lowest BCUT2D eigenvalue weighted by molar-refractivity contribution is -0.115. The molecule has 0 saturated carbocycles. The molecule has 1 amide bonds. The third-order valence-electron chi connectivity index (χ3n) is 3.07. The highest BCUT2D eigenvalue weighted by molar-refractivity contribution is 6.31. The van der Waals surface area contributed by atoms with Crippen LogP contribution in [0.3, 0.4) is 0 Å². The molecule has 0 heterocycles. The van der Waals surface area contributed by atoms with Crippen LogP contribution in [0.5, 0.6) is 0 Å². The van der Waals surface area contributed by atoms with Gasteiger partial charge in [0, 0.05) is 10.7 Å². The molecule has 21 heavy (non-hydrogen) atoms. The lowest BCUT2D eigenvalue weighted by atomic mass is 10.0. The van der Waals surface area contributed by atoms with E-state index in [1.807, 2.05) is 13.0 Å². The number of anilines is 1. The number of aryl methyl sites for hydroxylation is 1. The van der Waals surface area contributed by atoms with Crippen LogP contribution in [0.4, 0.5) is 5.69 Å². The maximum Gasteiger partial charge on any atom is 0.335 e. The monoisotopic (exact) mass is 303 g/mol. The number of amides is 1. The topological polar surface area (TPSA) is 66.4 Å². The van der Waals surface area contributed by atoms with Crippen molar-refractivity contribution in [1.82, 2.24) is 0 Å². The summed E-state index contributed by atoms with van der Waals surface area (Å²) >= 11 is 5.90. The number of carbonyl (C=O) groups is 2. The van der Waals surface area contributed by atoms with E-state index in [0.29, 0.717) is 16.3 Å². The van der Waals surface area contributed by atoms with Gasteiger partial charge in [-0.2, -0.15) is 0 Å². The summed E-state index contributed by atoms with van der Waals surface area (Å²) in [6.45, 7) is 1.86. The third kappa shape index (κ3) is 3.83. The molecule has 0 unspecified atom stereocenters. The molecule has 0 saturated heterocycles. The molecule has 0 atom stereocenters. The van der Waals surface area contributed by atoms with E-state index < -0.39 is 5.97 Å². The molecule has 5 heteroatoms. The SMILES string of the molecule is Cc1ccc(Cl)cc1NC(=O)Cc1ccccc1C(=O)O. The molecule has 4 nitrogen and oxygen atoms in total. The van der Waals surface area contributed by atoms with Crippen LogP contribution in [0.2, 0.25) is 5.02 Å². The first-order chi connectivity index (χ1) is 9.97. The highest BCUT2D eigenvalue weighted by Crippen LogP contribution is 2.20. The lowest BCUT2D eigenvalue weighted by Crippen LogP contribution is -2.17. The quantitative estimate of drug-likeness (QED) is 0.908. The Hall–Kier alpha value is -2.33. The minimum absolute atomic E-state index is 0.00553. The van der Waals surface area contributed by atoms with Gasteiger partial charge in [0.25, 0.3) is 0 Å². The Balaban J connectivity index is 2.16. The second-order valence-corrected chi connectivity index (χ2v) is 5.08. The average molecular weight is 304 g/mol. The number of hydrogen-bond acceptors (Lipinski definition) is 2. The van der Waals surface area contributed by atoms with Crippen LogP contribution in [0.1, 0.15) is 21.5 Å². The van der Waals surface area contributed by atoms with Gasteiger partial charge in [-0.15, -0.1) is 0 Å². The number of carbonyl (C=O) groups excluding carboxylic acids is 1. The normalized spacial score (nSPS) is 10.2. The standard InChI is InChI=1S/C16H14ClNO3/c1-10-6-7-12(17)9-14(10)18-15(19)8-11-4-2-3-5-13(11)16(20)21/h2-7,9H,8H2,1H3,(H,18,19)(H,20,21). The zero-order valence-electron chi connectivity index (χ0n) is 11.4. The van der Waals surface area contributed by atoms with Crippen LogP contribution < -0.4 is 5.32 Å². The predicted octanol–water partition coefficient (Wildman–Crippen LogP) is 3.53. The Kier molecular flexibility index (Phi) is 4.60. The van der Waals surface area contributed by atoms with Crippen LogP contribution in [-0.2, 0) is 11.2 Å². The van der Waals surface area contributed by atoms with E-state index in [1.165, 1.54) is 6.07 Å². The molecule has 0 bridgehead atoms. The van der Waals surface area contributed by atoms with Crippen molar-refractivity contribution >= 4 is 29.2 Å². The van der Waals surface area contributed by atoms with Crippen LogP contribution in [0.15, 0.2) is 42.5 Å². The Morgan fingerprint density at radius 2 is 1.90 bits per heavy atom. The number of carboxylic acid groups (broad SMARTS) is 1. The average Bonchev–Trinajstić information content (AvgIpc) is 2.43. The second kappa shape index (κ2) is 6.41. The van der Waals surface area contributed by atoms with E-state index >= 15 is 0 Å². The first-order valence-corrected chi connectivity index (χ1v) is 6.72. The van der Waals surface area contributed by atoms with Crippen LogP contribution in [0, 0.1) is 6.92 Å². The van der Waals surface area contributed by atoms with Gasteiger partial charge in [-0.25, -0.2) is 4.79 Å². The highest BCUT2D eigenvalue weighted by atomic mass is 35.5. The van der Waals surface area contributed by atoms with Crippen molar-refractivity contribution < 1.29 is 14.7 Å². The largest absolute Gasteiger partial charge is 0.478 e. The molecule has 108 valence electrons. The summed E-state index contributed by atoms with van der Waals surface area (Å²) in [6, 6.07) is 11.7. The summed E-state index contributed by atoms with van der Waals surface area (Å²) in [5, 5.41) is 12.4. The number of aromatic carboxylic acids is 1. The summed E-state index contributed by atoms with van der Waals surface area (Å²) < 4.78 is 0. The highest BCUT2D eigenvalue weighted by Gasteiger charge is 2.13. The Bertz CT molecular complexity index is 698. The molecule has 0 aliphatic carbocycles. The molecule has 0 radical (unpaired) electrons. The number of benzene rings is 2. The van der Waals surface area contributed by atoms with Crippen molar-refractivity contribution in [2.75, 3.05) is 5.32 Å². The maximum absolute atomic E-state index is 12.1. The third-order valence-corrected chi connectivity index (χ3v) is 3.31. The van der Waals surface area contributed by atoms with E-state index in [9.17, 15) is 9.59 Å². The number of hydrogen-bond donors (Lipinski definition) is 2. The molecular formula is C16H14ClNO3. The number of nitrogens with one attached hydrogen (secondary N) is 1. The smallest absolute Gasteiger partial charge is 0.335 e. The first kappa shape index (κ1) is 15.1. The van der Waals surface area contributed by atoms with Gasteiger partial charge >= 0.3 is 5.97 Å². The van der Waals surface area contributed by atoms with E-state index in [-0.39, 0.29) is 17.9 Å². The van der Waals surface area contributed by atoms with Gasteiger partial charge in [-0.1, -0.05) is 35.9 Å². The molecule has 2 aromatic rings. The van der Waals surface area contributed by atoms with E-state index in [4.69, 9.17) is 16.7 Å². The minimum Gasteiger partial charge on any atom is -0.478 e. The first-order valence-electron chi connectivity index (χ1n) is 6.34. The molecule has 0 aromatic heterocycles. The molecule has 0 aliphatic rings. The summed E-state index contributed by atoms with van der Waals surface area (Å²) in [4.78, 5) is 23.2. The van der Waals surface area contributed by atoms with Crippen molar-refractivity contribution in [3.05, 3.63) is 64.2 Å². The van der Waals surface area contributed by atoms with Crippen molar-refractivity contribution in [2.45, 2.75) is 13.3 Å². The van der Waals surface area contributed by atoms with Gasteiger partial charge in [-0.3, -0.25) is 4.79 Å². The molecule has 2 N–H and O–H groups in total. The summed E-state index contributed by atoms with van der Waals surface area (Å²) in [6.07, 6.45) is -0.00553. The molecule has 0 spiro atoms. The fraction of sp³-hybridized carbons (Fsp3) is 0.125. The molecule has 2 aromatic carbocycles. The number of rotatable bonds is 4. The number of halogens is 1. The summed E-state index contributed by atoms with van der Waals surface area (Å²) in [5.41, 5.74) is 2.12. The van der Waals surface area contributed by atoms with Crippen molar-refractivity contribution in [2.24, 2.45) is 0 Å². The zero-order chi connectivity index (χ0) is 15.4. The zero-order valence-corrected chi connectivity index (χ0v) is 12.1. The Morgan fingerprint density at radius 3 is 2.62 bits per heavy atom. The fourth-order valence-electron chi connectivity index (χ4n) is 1.98. The van der Waals surface area contributed by atoms with Gasteiger partial charge in [0.15, 0.2) is 0 Å². The molecule has 2 rings (SSSR count). The van der Waals surface area contributed by atoms with Gasteiger partial charge in [-0.05, 0) is 36.2 Å². The summed E-state index contributed by atoms with van der Waals surface area (Å²) in [5.74, 6) is -1.33. The summed E-state index contributed by atoms with van der Waals surface area (Å²) in [7, 11) is 0. The predicted molar refractivity (Wildman–Crippen MR) is 81.9 cm³/mol. The van der Waals surface area contributed by atoms with Gasteiger partial charge < -0.3 is 10.4 Å². The fourth-order valence-corrected chi connectivity index (χ4v) is 2.15. The second-order valence-electron chi connectivity index (χ2n) is 4.65. The van der Waals surface area contributed by atoms with E-state index in [0.717, 1.165) is 5.56 Å². The van der Waals surface area contributed by atoms with Crippen LogP contribution in [0.25, 0.3) is 0 Å². The lowest BCUT2D eigenvalue weighted by Gasteiger charge is -2.10. The van der Waals surface area contributed by atoms with Gasteiger partial charge in [0.2, 0.25) is 5.91 Å². The van der Waals surface area contributed by atoms with Crippen molar-refractivity contribution in [1.29, 1.82) is 0 Å².